The zero-order valence-corrected chi connectivity index (χ0v) is 9.26. The van der Waals surface area contributed by atoms with Gasteiger partial charge in [-0.3, -0.25) is 4.79 Å². The second kappa shape index (κ2) is 5.28. The monoisotopic (exact) mass is 224 g/mol. The number of hydrogen-bond donors (Lipinski definition) is 3. The lowest BCUT2D eigenvalue weighted by atomic mass is 9.97. The molecule has 84 valence electrons. The largest absolute Gasteiger partial charge is 0.481 e. The van der Waals surface area contributed by atoms with Crippen LogP contribution < -0.4 is 9.44 Å². The zero-order valence-electron chi connectivity index (χ0n) is 8.44. The Kier molecular flexibility index (Phi) is 5.03. The lowest BCUT2D eigenvalue weighted by molar-refractivity contribution is -0.142. The molecule has 0 aliphatic carbocycles. The lowest BCUT2D eigenvalue weighted by Crippen LogP contribution is -2.40. The summed E-state index contributed by atoms with van der Waals surface area (Å²) in [6, 6.07) is 0. The summed E-state index contributed by atoms with van der Waals surface area (Å²) in [7, 11) is -2.29. The first-order chi connectivity index (χ1) is 6.30. The smallest absolute Gasteiger partial charge is 0.308 e. The van der Waals surface area contributed by atoms with Gasteiger partial charge in [-0.25, -0.2) is 9.44 Å². The Morgan fingerprint density at radius 2 is 1.93 bits per heavy atom. The fourth-order valence-electron chi connectivity index (χ4n) is 0.880. The van der Waals surface area contributed by atoms with Gasteiger partial charge in [0.05, 0.1) is 5.92 Å². The molecule has 7 heteroatoms. The third-order valence-electron chi connectivity index (χ3n) is 1.88. The van der Waals surface area contributed by atoms with E-state index in [2.05, 4.69) is 4.72 Å². The Morgan fingerprint density at radius 3 is 2.21 bits per heavy atom. The van der Waals surface area contributed by atoms with E-state index in [1.807, 2.05) is 4.72 Å². The molecule has 0 aliphatic heterocycles. The van der Waals surface area contributed by atoms with Crippen LogP contribution in [0.25, 0.3) is 0 Å². The van der Waals surface area contributed by atoms with E-state index < -0.39 is 22.1 Å². The Bertz CT molecular complexity index is 286. The topological polar surface area (TPSA) is 95.5 Å². The molecule has 0 aromatic heterocycles. The van der Waals surface area contributed by atoms with Gasteiger partial charge in [0, 0.05) is 13.6 Å². The molecule has 0 bridgehead atoms. The molecule has 6 nitrogen and oxygen atoms in total. The maximum Gasteiger partial charge on any atom is 0.308 e. The van der Waals surface area contributed by atoms with E-state index in [9.17, 15) is 13.2 Å². The molecule has 0 rings (SSSR count). The average molecular weight is 224 g/mol. The second-order valence-electron chi connectivity index (χ2n) is 3.24. The van der Waals surface area contributed by atoms with Crippen molar-refractivity contribution in [3.8, 4) is 0 Å². The van der Waals surface area contributed by atoms with E-state index in [0.717, 1.165) is 0 Å². The van der Waals surface area contributed by atoms with Crippen LogP contribution >= 0.6 is 0 Å². The molecule has 0 aromatic rings. The first kappa shape index (κ1) is 13.3. The van der Waals surface area contributed by atoms with E-state index in [4.69, 9.17) is 5.11 Å². The molecule has 0 aromatic carbocycles. The number of carboxylic acids is 1. The van der Waals surface area contributed by atoms with Gasteiger partial charge in [0.15, 0.2) is 0 Å². The van der Waals surface area contributed by atoms with Gasteiger partial charge in [-0.1, -0.05) is 13.8 Å². The van der Waals surface area contributed by atoms with Gasteiger partial charge in [-0.05, 0) is 5.92 Å². The van der Waals surface area contributed by atoms with Crippen LogP contribution in [0.2, 0.25) is 0 Å². The van der Waals surface area contributed by atoms with Crippen molar-refractivity contribution < 1.29 is 18.3 Å². The third-order valence-corrected chi connectivity index (χ3v) is 2.97. The molecule has 0 fully saturated rings. The number of hydrogen-bond acceptors (Lipinski definition) is 3. The second-order valence-corrected chi connectivity index (χ2v) is 4.95. The van der Waals surface area contributed by atoms with Crippen molar-refractivity contribution in [3.05, 3.63) is 0 Å². The fourth-order valence-corrected chi connectivity index (χ4v) is 1.42. The van der Waals surface area contributed by atoms with Crippen molar-refractivity contribution in [2.75, 3.05) is 13.6 Å². The van der Waals surface area contributed by atoms with E-state index in [0.29, 0.717) is 0 Å². The number of carboxylic acid groups (broad SMARTS) is 1. The summed E-state index contributed by atoms with van der Waals surface area (Å²) in [6.07, 6.45) is 0. The summed E-state index contributed by atoms with van der Waals surface area (Å²) in [5.41, 5.74) is 0. The molecule has 0 saturated carbocycles. The Morgan fingerprint density at radius 1 is 1.43 bits per heavy atom. The Hall–Kier alpha value is -0.660. The van der Waals surface area contributed by atoms with Crippen LogP contribution in [0.15, 0.2) is 0 Å². The Labute approximate surface area is 83.9 Å². The minimum absolute atomic E-state index is 0.101. The SMILES string of the molecule is CNS(=O)(=O)NCC(C(=O)O)C(C)C. The van der Waals surface area contributed by atoms with Crippen LogP contribution in [0, 0.1) is 11.8 Å². The Balaban J connectivity index is 4.28. The maximum absolute atomic E-state index is 10.9. The normalized spacial score (nSPS) is 14.3. The summed E-state index contributed by atoms with van der Waals surface area (Å²) in [5, 5.41) is 8.76. The molecule has 0 saturated heterocycles. The molecule has 1 atom stereocenters. The zero-order chi connectivity index (χ0) is 11.4. The minimum atomic E-state index is -3.54. The highest BCUT2D eigenvalue weighted by Gasteiger charge is 2.22. The first-order valence-corrected chi connectivity index (χ1v) is 5.69. The van der Waals surface area contributed by atoms with Crippen molar-refractivity contribution in [1.82, 2.24) is 9.44 Å². The van der Waals surface area contributed by atoms with Crippen molar-refractivity contribution in [3.63, 3.8) is 0 Å². The van der Waals surface area contributed by atoms with Gasteiger partial charge in [0.2, 0.25) is 0 Å². The lowest BCUT2D eigenvalue weighted by Gasteiger charge is -2.16. The van der Waals surface area contributed by atoms with E-state index in [1.165, 1.54) is 7.05 Å². The highest BCUT2D eigenvalue weighted by molar-refractivity contribution is 7.87. The molecule has 0 aliphatic rings. The predicted molar refractivity (Wildman–Crippen MR) is 51.9 cm³/mol. The highest BCUT2D eigenvalue weighted by Crippen LogP contribution is 2.09. The van der Waals surface area contributed by atoms with Crippen molar-refractivity contribution >= 4 is 16.2 Å². The van der Waals surface area contributed by atoms with Crippen LogP contribution in [0.5, 0.6) is 0 Å². The first-order valence-electron chi connectivity index (χ1n) is 4.21. The quantitative estimate of drug-likeness (QED) is 0.561. The molecule has 3 N–H and O–H groups in total. The molecule has 0 spiro atoms. The van der Waals surface area contributed by atoms with Crippen LogP contribution in [-0.4, -0.2) is 33.1 Å². The highest BCUT2D eigenvalue weighted by atomic mass is 32.2. The van der Waals surface area contributed by atoms with E-state index >= 15 is 0 Å². The van der Waals surface area contributed by atoms with Gasteiger partial charge >= 0.3 is 5.97 Å². The van der Waals surface area contributed by atoms with Crippen LogP contribution in [0.3, 0.4) is 0 Å². The summed E-state index contributed by atoms with van der Waals surface area (Å²) in [4.78, 5) is 10.7. The molecular formula is C7H16N2O4S. The van der Waals surface area contributed by atoms with Crippen LogP contribution in [0.4, 0.5) is 0 Å². The number of rotatable bonds is 6. The predicted octanol–water partition coefficient (Wildman–Crippen LogP) is -0.603. The van der Waals surface area contributed by atoms with Gasteiger partial charge in [0.25, 0.3) is 10.2 Å². The van der Waals surface area contributed by atoms with Gasteiger partial charge in [0.1, 0.15) is 0 Å². The number of nitrogens with one attached hydrogen (secondary N) is 2. The summed E-state index contributed by atoms with van der Waals surface area (Å²) >= 11 is 0. The van der Waals surface area contributed by atoms with Crippen LogP contribution in [-0.2, 0) is 15.0 Å². The minimum Gasteiger partial charge on any atom is -0.481 e. The standard InChI is InChI=1S/C7H16N2O4S/c1-5(2)6(7(10)11)4-9-14(12,13)8-3/h5-6,8-9H,4H2,1-3H3,(H,10,11). The molecule has 14 heavy (non-hydrogen) atoms. The van der Waals surface area contributed by atoms with Gasteiger partial charge < -0.3 is 5.11 Å². The maximum atomic E-state index is 10.9. The fraction of sp³-hybridized carbons (Fsp3) is 0.857. The molecule has 0 heterocycles. The van der Waals surface area contributed by atoms with E-state index in [1.54, 1.807) is 13.8 Å². The number of carbonyl (C=O) groups is 1. The summed E-state index contributed by atoms with van der Waals surface area (Å²) in [5.74, 6) is -1.83. The summed E-state index contributed by atoms with van der Waals surface area (Å²) < 4.78 is 26.1. The van der Waals surface area contributed by atoms with Gasteiger partial charge in [-0.2, -0.15) is 8.42 Å². The molecule has 0 amide bonds. The van der Waals surface area contributed by atoms with Crippen molar-refractivity contribution in [2.24, 2.45) is 11.8 Å². The van der Waals surface area contributed by atoms with Crippen molar-refractivity contribution in [2.45, 2.75) is 13.8 Å². The van der Waals surface area contributed by atoms with Crippen molar-refractivity contribution in [1.29, 1.82) is 0 Å². The van der Waals surface area contributed by atoms with Gasteiger partial charge in [-0.15, -0.1) is 0 Å². The van der Waals surface area contributed by atoms with Crippen LogP contribution in [0.1, 0.15) is 13.8 Å². The number of aliphatic carboxylic acids is 1. The van der Waals surface area contributed by atoms with E-state index in [-0.39, 0.29) is 12.5 Å². The third kappa shape index (κ3) is 4.54. The average Bonchev–Trinajstić information content (AvgIpc) is 2.03. The summed E-state index contributed by atoms with van der Waals surface area (Å²) in [6.45, 7) is 3.36. The molecular weight excluding hydrogens is 208 g/mol. The molecule has 1 unspecified atom stereocenters. The molecule has 0 radical (unpaired) electrons.